The fourth-order valence-corrected chi connectivity index (χ4v) is 3.22. The minimum absolute atomic E-state index is 0.113. The largest absolute Gasteiger partial charge is 0.444 e. The lowest BCUT2D eigenvalue weighted by Crippen LogP contribution is -2.59. The van der Waals surface area contributed by atoms with Crippen molar-refractivity contribution in [2.45, 2.75) is 32.4 Å². The van der Waals surface area contributed by atoms with Gasteiger partial charge in [0.15, 0.2) is 0 Å². The molecule has 0 aliphatic carbocycles. The van der Waals surface area contributed by atoms with Gasteiger partial charge in [-0.15, -0.1) is 0 Å². The Balaban J connectivity index is 1.94. The number of nitrogens with zero attached hydrogens (tertiary/aromatic N) is 4. The van der Waals surface area contributed by atoms with E-state index in [1.165, 1.54) is 0 Å². The van der Waals surface area contributed by atoms with Crippen molar-refractivity contribution in [3.8, 4) is 0 Å². The first-order chi connectivity index (χ1) is 12.2. The number of hydrogen-bond donors (Lipinski definition) is 0. The standard InChI is InChI=1S/C18H34N4O4/c1-18(2,3)26-17(24)22-8-6-21(7-9-22)15(16(23)19(4)5)14-20-10-12-25-13-11-20/h15H,6-14H2,1-5H3. The van der Waals surface area contributed by atoms with Crippen LogP contribution in [-0.2, 0) is 14.3 Å². The lowest BCUT2D eigenvalue weighted by molar-refractivity contribution is -0.136. The minimum Gasteiger partial charge on any atom is -0.444 e. The Labute approximate surface area is 157 Å². The molecule has 2 aliphatic rings. The van der Waals surface area contributed by atoms with Crippen LogP contribution in [0.2, 0.25) is 0 Å². The maximum absolute atomic E-state index is 12.7. The van der Waals surface area contributed by atoms with Crippen LogP contribution < -0.4 is 0 Å². The van der Waals surface area contributed by atoms with Gasteiger partial charge in [-0.25, -0.2) is 4.79 Å². The Hall–Kier alpha value is -1.38. The zero-order valence-corrected chi connectivity index (χ0v) is 16.9. The SMILES string of the molecule is CN(C)C(=O)C(CN1CCOCC1)N1CCN(C(=O)OC(C)(C)C)CC1. The van der Waals surface area contributed by atoms with Crippen LogP contribution in [0.5, 0.6) is 0 Å². The Morgan fingerprint density at radius 3 is 2.12 bits per heavy atom. The first-order valence-corrected chi connectivity index (χ1v) is 9.40. The molecule has 0 bridgehead atoms. The third-order valence-corrected chi connectivity index (χ3v) is 4.67. The summed E-state index contributed by atoms with van der Waals surface area (Å²) >= 11 is 0. The second-order valence-electron chi connectivity index (χ2n) is 8.16. The van der Waals surface area contributed by atoms with Gasteiger partial charge in [0.2, 0.25) is 5.91 Å². The molecular formula is C18H34N4O4. The highest BCUT2D eigenvalue weighted by Crippen LogP contribution is 2.15. The molecular weight excluding hydrogens is 336 g/mol. The number of morpholine rings is 1. The van der Waals surface area contributed by atoms with Gasteiger partial charge in [0.25, 0.3) is 0 Å². The second kappa shape index (κ2) is 9.01. The summed E-state index contributed by atoms with van der Waals surface area (Å²) in [4.78, 5) is 32.8. The molecule has 2 aliphatic heterocycles. The highest BCUT2D eigenvalue weighted by atomic mass is 16.6. The van der Waals surface area contributed by atoms with Crippen LogP contribution in [0.15, 0.2) is 0 Å². The van der Waals surface area contributed by atoms with E-state index >= 15 is 0 Å². The zero-order valence-electron chi connectivity index (χ0n) is 16.9. The van der Waals surface area contributed by atoms with Gasteiger partial charge >= 0.3 is 6.09 Å². The predicted octanol–water partition coefficient (Wildman–Crippen LogP) is 0.328. The van der Waals surface area contributed by atoms with Crippen LogP contribution in [0.4, 0.5) is 4.79 Å². The molecule has 1 atom stereocenters. The van der Waals surface area contributed by atoms with Crippen LogP contribution in [0.1, 0.15) is 20.8 Å². The number of carbonyl (C=O) groups is 2. The molecule has 1 unspecified atom stereocenters. The number of amides is 2. The Kier molecular flexibility index (Phi) is 7.25. The molecule has 2 rings (SSSR count). The van der Waals surface area contributed by atoms with Crippen LogP contribution in [0.3, 0.4) is 0 Å². The van der Waals surface area contributed by atoms with Crippen molar-refractivity contribution in [1.29, 1.82) is 0 Å². The van der Waals surface area contributed by atoms with E-state index in [0.717, 1.165) is 26.3 Å². The van der Waals surface area contributed by atoms with E-state index in [1.807, 2.05) is 20.8 Å². The molecule has 2 saturated heterocycles. The number of hydrogen-bond acceptors (Lipinski definition) is 6. The van der Waals surface area contributed by atoms with Crippen molar-refractivity contribution >= 4 is 12.0 Å². The fourth-order valence-electron chi connectivity index (χ4n) is 3.22. The molecule has 0 aromatic heterocycles. The molecule has 2 heterocycles. The highest BCUT2D eigenvalue weighted by Gasteiger charge is 2.34. The summed E-state index contributed by atoms with van der Waals surface area (Å²) in [5.41, 5.74) is -0.492. The van der Waals surface area contributed by atoms with E-state index in [-0.39, 0.29) is 18.0 Å². The molecule has 2 fully saturated rings. The fraction of sp³-hybridized carbons (Fsp3) is 0.889. The second-order valence-corrected chi connectivity index (χ2v) is 8.16. The summed E-state index contributed by atoms with van der Waals surface area (Å²) in [6, 6.07) is -0.191. The number of likely N-dealkylation sites (N-methyl/N-ethyl adjacent to an activating group) is 1. The third-order valence-electron chi connectivity index (χ3n) is 4.67. The summed E-state index contributed by atoms with van der Waals surface area (Å²) in [6.07, 6.45) is -0.277. The Bertz CT molecular complexity index is 478. The van der Waals surface area contributed by atoms with Gasteiger partial charge < -0.3 is 19.3 Å². The molecule has 26 heavy (non-hydrogen) atoms. The molecule has 2 amide bonds. The summed E-state index contributed by atoms with van der Waals surface area (Å²) < 4.78 is 10.9. The van der Waals surface area contributed by atoms with Gasteiger partial charge in [0, 0.05) is 59.9 Å². The van der Waals surface area contributed by atoms with Crippen LogP contribution >= 0.6 is 0 Å². The number of ether oxygens (including phenoxy) is 2. The molecule has 0 saturated carbocycles. The average Bonchev–Trinajstić information content (AvgIpc) is 2.58. The van der Waals surface area contributed by atoms with Crippen LogP contribution in [-0.4, -0.2) is 116 Å². The average molecular weight is 370 g/mol. The van der Waals surface area contributed by atoms with E-state index in [0.29, 0.717) is 32.7 Å². The van der Waals surface area contributed by atoms with Crippen molar-refractivity contribution in [2.75, 3.05) is 73.1 Å². The maximum atomic E-state index is 12.7. The lowest BCUT2D eigenvalue weighted by atomic mass is 10.1. The van der Waals surface area contributed by atoms with Gasteiger partial charge in [-0.05, 0) is 20.8 Å². The topological polar surface area (TPSA) is 65.6 Å². The Morgan fingerprint density at radius 2 is 1.62 bits per heavy atom. The van der Waals surface area contributed by atoms with E-state index in [9.17, 15) is 9.59 Å². The van der Waals surface area contributed by atoms with Crippen molar-refractivity contribution in [3.63, 3.8) is 0 Å². The van der Waals surface area contributed by atoms with Gasteiger partial charge in [-0.1, -0.05) is 0 Å². The van der Waals surface area contributed by atoms with E-state index in [2.05, 4.69) is 9.80 Å². The lowest BCUT2D eigenvalue weighted by Gasteiger charge is -2.41. The van der Waals surface area contributed by atoms with Gasteiger partial charge in [0.05, 0.1) is 13.2 Å². The van der Waals surface area contributed by atoms with Gasteiger partial charge in [-0.2, -0.15) is 0 Å². The number of rotatable bonds is 4. The van der Waals surface area contributed by atoms with Crippen LogP contribution in [0, 0.1) is 0 Å². The molecule has 0 radical (unpaired) electrons. The first-order valence-electron chi connectivity index (χ1n) is 9.40. The van der Waals surface area contributed by atoms with Crippen molar-refractivity contribution in [1.82, 2.24) is 19.6 Å². The third kappa shape index (κ3) is 6.10. The molecule has 8 heteroatoms. The molecule has 0 aromatic carbocycles. The van der Waals surface area contributed by atoms with E-state index in [4.69, 9.17) is 9.47 Å². The van der Waals surface area contributed by atoms with E-state index < -0.39 is 5.60 Å². The first kappa shape index (κ1) is 20.9. The van der Waals surface area contributed by atoms with Gasteiger partial charge in [-0.3, -0.25) is 14.6 Å². The van der Waals surface area contributed by atoms with E-state index in [1.54, 1.807) is 23.9 Å². The molecule has 150 valence electrons. The molecule has 0 N–H and O–H groups in total. The monoisotopic (exact) mass is 370 g/mol. The smallest absolute Gasteiger partial charge is 0.410 e. The van der Waals surface area contributed by atoms with Crippen molar-refractivity contribution in [2.24, 2.45) is 0 Å². The van der Waals surface area contributed by atoms with Crippen molar-refractivity contribution in [3.05, 3.63) is 0 Å². The zero-order chi connectivity index (χ0) is 19.3. The highest BCUT2D eigenvalue weighted by molar-refractivity contribution is 5.81. The molecule has 0 aromatic rings. The quantitative estimate of drug-likeness (QED) is 0.711. The Morgan fingerprint density at radius 1 is 1.04 bits per heavy atom. The van der Waals surface area contributed by atoms with Crippen LogP contribution in [0.25, 0.3) is 0 Å². The number of carbonyl (C=O) groups excluding carboxylic acids is 2. The molecule has 8 nitrogen and oxygen atoms in total. The summed E-state index contributed by atoms with van der Waals surface area (Å²) in [5, 5.41) is 0. The molecule has 0 spiro atoms. The van der Waals surface area contributed by atoms with Gasteiger partial charge in [0.1, 0.15) is 11.6 Å². The summed E-state index contributed by atoms with van der Waals surface area (Å²) in [5.74, 6) is 0.113. The maximum Gasteiger partial charge on any atom is 0.410 e. The summed E-state index contributed by atoms with van der Waals surface area (Å²) in [7, 11) is 3.59. The summed E-state index contributed by atoms with van der Waals surface area (Å²) in [6.45, 7) is 12.0. The minimum atomic E-state index is -0.492. The number of piperazine rings is 1. The predicted molar refractivity (Wildman–Crippen MR) is 99.1 cm³/mol. The normalized spacial score (nSPS) is 21.3. The van der Waals surface area contributed by atoms with Crippen molar-refractivity contribution < 1.29 is 19.1 Å².